The lowest BCUT2D eigenvalue weighted by Gasteiger charge is -2.36. The zero-order valence-electron chi connectivity index (χ0n) is 12.7. The topological polar surface area (TPSA) is 50.4 Å². The maximum atomic E-state index is 13.0. The molecule has 0 aliphatic carbocycles. The third-order valence-electron chi connectivity index (χ3n) is 4.83. The summed E-state index contributed by atoms with van der Waals surface area (Å²) in [7, 11) is 0. The van der Waals surface area contributed by atoms with E-state index in [1.54, 1.807) is 0 Å². The molecule has 0 aromatic heterocycles. The minimum absolute atomic E-state index is 0.103. The molecule has 0 bridgehead atoms. The van der Waals surface area contributed by atoms with Gasteiger partial charge in [-0.05, 0) is 49.9 Å². The standard InChI is InChI=1S/C17H23ClN2O2/c18-14-4-1-3-13(11-14)17(6-9-22-10-7-17)16(21)20-12-15-5-2-8-19-15/h1,3-4,11,15,19H,2,5-10,12H2,(H,20,21). The second-order valence-electron chi connectivity index (χ2n) is 6.21. The fourth-order valence-electron chi connectivity index (χ4n) is 3.47. The predicted octanol–water partition coefficient (Wildman–Crippen LogP) is 2.26. The van der Waals surface area contributed by atoms with Crippen LogP contribution < -0.4 is 10.6 Å². The Morgan fingerprint density at radius 3 is 2.91 bits per heavy atom. The molecule has 4 nitrogen and oxygen atoms in total. The Morgan fingerprint density at radius 1 is 1.41 bits per heavy atom. The smallest absolute Gasteiger partial charge is 0.230 e. The van der Waals surface area contributed by atoms with E-state index in [4.69, 9.17) is 16.3 Å². The molecule has 1 aromatic rings. The second kappa shape index (κ2) is 6.99. The van der Waals surface area contributed by atoms with Crippen LogP contribution in [0, 0.1) is 0 Å². The molecule has 22 heavy (non-hydrogen) atoms. The summed E-state index contributed by atoms with van der Waals surface area (Å²) in [4.78, 5) is 13.0. The minimum Gasteiger partial charge on any atom is -0.381 e. The van der Waals surface area contributed by atoms with Crippen molar-refractivity contribution in [1.82, 2.24) is 10.6 Å². The summed E-state index contributed by atoms with van der Waals surface area (Å²) in [6.45, 7) is 2.97. The van der Waals surface area contributed by atoms with Crippen molar-refractivity contribution in [3.05, 3.63) is 34.9 Å². The normalized spacial score (nSPS) is 24.1. The highest BCUT2D eigenvalue weighted by Gasteiger charge is 2.41. The van der Waals surface area contributed by atoms with Crippen molar-refractivity contribution in [1.29, 1.82) is 0 Å². The number of ether oxygens (including phenoxy) is 1. The molecule has 3 rings (SSSR count). The number of hydrogen-bond donors (Lipinski definition) is 2. The number of carbonyl (C=O) groups is 1. The van der Waals surface area contributed by atoms with E-state index in [0.29, 0.717) is 43.7 Å². The highest BCUT2D eigenvalue weighted by molar-refractivity contribution is 6.30. The van der Waals surface area contributed by atoms with Gasteiger partial charge in [-0.3, -0.25) is 4.79 Å². The Kier molecular flexibility index (Phi) is 5.01. The van der Waals surface area contributed by atoms with Gasteiger partial charge in [-0.1, -0.05) is 23.7 Å². The van der Waals surface area contributed by atoms with Crippen molar-refractivity contribution in [2.45, 2.75) is 37.1 Å². The Balaban J connectivity index is 1.77. The lowest BCUT2D eigenvalue weighted by atomic mass is 9.73. The Labute approximate surface area is 136 Å². The van der Waals surface area contributed by atoms with Crippen LogP contribution in [0.4, 0.5) is 0 Å². The van der Waals surface area contributed by atoms with Gasteiger partial charge < -0.3 is 15.4 Å². The van der Waals surface area contributed by atoms with Crippen LogP contribution in [-0.2, 0) is 14.9 Å². The Hall–Kier alpha value is -1.10. The first kappa shape index (κ1) is 15.8. The zero-order valence-corrected chi connectivity index (χ0v) is 13.5. The van der Waals surface area contributed by atoms with Crippen molar-refractivity contribution >= 4 is 17.5 Å². The molecule has 1 amide bonds. The number of amides is 1. The third-order valence-corrected chi connectivity index (χ3v) is 5.06. The molecule has 2 aliphatic heterocycles. The quantitative estimate of drug-likeness (QED) is 0.894. The van der Waals surface area contributed by atoms with Gasteiger partial charge in [-0.2, -0.15) is 0 Å². The van der Waals surface area contributed by atoms with Gasteiger partial charge in [0, 0.05) is 30.8 Å². The first-order valence-corrected chi connectivity index (χ1v) is 8.44. The summed E-state index contributed by atoms with van der Waals surface area (Å²) in [6, 6.07) is 8.09. The van der Waals surface area contributed by atoms with Crippen LogP contribution in [0.3, 0.4) is 0 Å². The van der Waals surface area contributed by atoms with E-state index >= 15 is 0 Å². The van der Waals surface area contributed by atoms with Crippen LogP contribution in [0.25, 0.3) is 0 Å². The zero-order chi connectivity index (χ0) is 15.4. The second-order valence-corrected chi connectivity index (χ2v) is 6.64. The Morgan fingerprint density at radius 2 is 2.23 bits per heavy atom. The molecular formula is C17H23ClN2O2. The summed E-state index contributed by atoms with van der Waals surface area (Å²) in [5, 5.41) is 7.24. The molecule has 0 saturated carbocycles. The van der Waals surface area contributed by atoms with Gasteiger partial charge in [0.05, 0.1) is 5.41 Å². The molecule has 1 aromatic carbocycles. The van der Waals surface area contributed by atoms with Crippen molar-refractivity contribution in [2.24, 2.45) is 0 Å². The van der Waals surface area contributed by atoms with Gasteiger partial charge in [0.25, 0.3) is 0 Å². The maximum Gasteiger partial charge on any atom is 0.230 e. The molecule has 0 radical (unpaired) electrons. The van der Waals surface area contributed by atoms with Gasteiger partial charge in [-0.25, -0.2) is 0 Å². The largest absolute Gasteiger partial charge is 0.381 e. The molecule has 2 heterocycles. The van der Waals surface area contributed by atoms with Crippen LogP contribution in [-0.4, -0.2) is 38.3 Å². The molecule has 0 spiro atoms. The van der Waals surface area contributed by atoms with Gasteiger partial charge in [0.15, 0.2) is 0 Å². The van der Waals surface area contributed by atoms with E-state index < -0.39 is 5.41 Å². The minimum atomic E-state index is -0.512. The van der Waals surface area contributed by atoms with Gasteiger partial charge in [-0.15, -0.1) is 0 Å². The van der Waals surface area contributed by atoms with Crippen LogP contribution in [0.1, 0.15) is 31.2 Å². The molecule has 2 N–H and O–H groups in total. The van der Waals surface area contributed by atoms with Crippen LogP contribution in [0.15, 0.2) is 24.3 Å². The number of nitrogens with one attached hydrogen (secondary N) is 2. The van der Waals surface area contributed by atoms with Crippen molar-refractivity contribution in [3.63, 3.8) is 0 Å². The molecule has 120 valence electrons. The average Bonchev–Trinajstić information content (AvgIpc) is 3.06. The first-order chi connectivity index (χ1) is 10.7. The molecule has 2 fully saturated rings. The van der Waals surface area contributed by atoms with E-state index in [1.165, 1.54) is 6.42 Å². The number of hydrogen-bond acceptors (Lipinski definition) is 3. The summed E-state index contributed by atoms with van der Waals surface area (Å²) in [6.07, 6.45) is 3.73. The highest BCUT2D eigenvalue weighted by atomic mass is 35.5. The van der Waals surface area contributed by atoms with E-state index in [9.17, 15) is 4.79 Å². The average molecular weight is 323 g/mol. The first-order valence-electron chi connectivity index (χ1n) is 8.06. The monoisotopic (exact) mass is 322 g/mol. The number of halogens is 1. The number of rotatable bonds is 4. The molecule has 2 saturated heterocycles. The number of carbonyl (C=O) groups excluding carboxylic acids is 1. The van der Waals surface area contributed by atoms with E-state index in [-0.39, 0.29) is 5.91 Å². The maximum absolute atomic E-state index is 13.0. The van der Waals surface area contributed by atoms with Crippen molar-refractivity contribution < 1.29 is 9.53 Å². The molecule has 2 aliphatic rings. The summed E-state index contributed by atoms with van der Waals surface area (Å²) in [5.74, 6) is 0.103. The predicted molar refractivity (Wildman–Crippen MR) is 87.2 cm³/mol. The summed E-state index contributed by atoms with van der Waals surface area (Å²) < 4.78 is 5.48. The molecule has 5 heteroatoms. The molecule has 1 atom stereocenters. The fraction of sp³-hybridized carbons (Fsp3) is 0.588. The molecular weight excluding hydrogens is 300 g/mol. The van der Waals surface area contributed by atoms with E-state index in [0.717, 1.165) is 18.5 Å². The van der Waals surface area contributed by atoms with Crippen LogP contribution in [0.2, 0.25) is 5.02 Å². The van der Waals surface area contributed by atoms with Gasteiger partial charge in [0.1, 0.15) is 0 Å². The SMILES string of the molecule is O=C(NCC1CCCN1)C1(c2cccc(Cl)c2)CCOCC1. The lowest BCUT2D eigenvalue weighted by molar-refractivity contribution is -0.130. The summed E-state index contributed by atoms with van der Waals surface area (Å²) in [5.41, 5.74) is 0.488. The number of benzene rings is 1. The summed E-state index contributed by atoms with van der Waals surface area (Å²) >= 11 is 6.14. The van der Waals surface area contributed by atoms with Crippen LogP contribution >= 0.6 is 11.6 Å². The van der Waals surface area contributed by atoms with Crippen LogP contribution in [0.5, 0.6) is 0 Å². The van der Waals surface area contributed by atoms with Gasteiger partial charge >= 0.3 is 0 Å². The van der Waals surface area contributed by atoms with E-state index in [2.05, 4.69) is 10.6 Å². The highest BCUT2D eigenvalue weighted by Crippen LogP contribution is 2.36. The Bertz CT molecular complexity index is 523. The fourth-order valence-corrected chi connectivity index (χ4v) is 3.66. The third kappa shape index (κ3) is 3.29. The van der Waals surface area contributed by atoms with Crippen molar-refractivity contribution in [2.75, 3.05) is 26.3 Å². The lowest BCUT2D eigenvalue weighted by Crippen LogP contribution is -2.50. The van der Waals surface area contributed by atoms with Crippen molar-refractivity contribution in [3.8, 4) is 0 Å². The van der Waals surface area contributed by atoms with Gasteiger partial charge in [0.2, 0.25) is 5.91 Å². The van der Waals surface area contributed by atoms with E-state index in [1.807, 2.05) is 24.3 Å². The molecule has 1 unspecified atom stereocenters.